The van der Waals surface area contributed by atoms with E-state index in [1.165, 1.54) is 41.6 Å². The van der Waals surface area contributed by atoms with Gasteiger partial charge in [0.25, 0.3) is 0 Å². The number of aryl methyl sites for hydroxylation is 1. The Hall–Kier alpha value is -2.58. The molecular weight excluding hydrogens is 301 g/mol. The molecule has 0 radical (unpaired) electrons. The lowest BCUT2D eigenvalue weighted by molar-refractivity contribution is -0.153. The van der Waals surface area contributed by atoms with Crippen LogP contribution < -0.4 is 10.1 Å². The number of rotatable bonds is 6. The third kappa shape index (κ3) is 5.43. The number of anilines is 1. The maximum Gasteiger partial charge on any atom is 0.422 e. The molecule has 118 valence electrons. The Kier molecular flexibility index (Phi) is 4.97. The molecule has 0 atom stereocenters. The van der Waals surface area contributed by atoms with E-state index >= 15 is 0 Å². The summed E-state index contributed by atoms with van der Waals surface area (Å²) in [4.78, 5) is 15.5. The molecule has 2 rings (SSSR count). The lowest BCUT2D eigenvalue weighted by atomic mass is 10.3. The van der Waals surface area contributed by atoms with Gasteiger partial charge in [0.1, 0.15) is 18.4 Å². The van der Waals surface area contributed by atoms with Gasteiger partial charge >= 0.3 is 6.18 Å². The van der Waals surface area contributed by atoms with Crippen LogP contribution in [0.5, 0.6) is 5.75 Å². The quantitative estimate of drug-likeness (QED) is 0.888. The van der Waals surface area contributed by atoms with Crippen molar-refractivity contribution in [2.24, 2.45) is 0 Å². The Morgan fingerprint density at radius 3 is 2.59 bits per heavy atom. The molecule has 1 N–H and O–H groups in total. The first-order chi connectivity index (χ1) is 10.4. The van der Waals surface area contributed by atoms with E-state index in [-0.39, 0.29) is 18.1 Å². The third-order valence-electron chi connectivity index (χ3n) is 2.58. The Morgan fingerprint density at radius 2 is 2.00 bits per heavy atom. The average molecular weight is 314 g/mol. The van der Waals surface area contributed by atoms with Crippen LogP contribution in [0.3, 0.4) is 0 Å². The highest BCUT2D eigenvalue weighted by atomic mass is 19.4. The third-order valence-corrected chi connectivity index (χ3v) is 2.58. The van der Waals surface area contributed by atoms with Crippen LogP contribution in [0.15, 0.2) is 36.9 Å². The number of hydrogen-bond donors (Lipinski definition) is 1. The number of nitrogens with zero attached hydrogens (tertiary/aromatic N) is 3. The predicted molar refractivity (Wildman–Crippen MR) is 71.3 cm³/mol. The van der Waals surface area contributed by atoms with E-state index in [1.807, 2.05) is 0 Å². The minimum atomic E-state index is -4.38. The van der Waals surface area contributed by atoms with Crippen LogP contribution in [0.25, 0.3) is 0 Å². The molecule has 1 heterocycles. The number of aromatic nitrogens is 3. The number of amides is 1. The van der Waals surface area contributed by atoms with Gasteiger partial charge in [-0.05, 0) is 24.3 Å². The van der Waals surface area contributed by atoms with Crippen LogP contribution in [0.1, 0.15) is 6.42 Å². The SMILES string of the molecule is O=C(CCn1cncn1)Nc1ccc(OCC(F)(F)F)cc1. The van der Waals surface area contributed by atoms with E-state index in [2.05, 4.69) is 20.1 Å². The zero-order chi connectivity index (χ0) is 16.0. The topological polar surface area (TPSA) is 69.0 Å². The minimum Gasteiger partial charge on any atom is -0.484 e. The molecule has 0 saturated carbocycles. The predicted octanol–water partition coefficient (Wildman–Crippen LogP) is 2.25. The van der Waals surface area contributed by atoms with Crippen molar-refractivity contribution in [1.29, 1.82) is 0 Å². The summed E-state index contributed by atoms with van der Waals surface area (Å²) in [5.74, 6) is -0.155. The van der Waals surface area contributed by atoms with Gasteiger partial charge in [0, 0.05) is 12.1 Å². The molecule has 1 amide bonds. The van der Waals surface area contributed by atoms with Gasteiger partial charge in [0.05, 0.1) is 6.54 Å². The van der Waals surface area contributed by atoms with E-state index in [9.17, 15) is 18.0 Å². The molecule has 0 fully saturated rings. The van der Waals surface area contributed by atoms with Crippen LogP contribution in [0.2, 0.25) is 0 Å². The Bertz CT molecular complexity index is 597. The smallest absolute Gasteiger partial charge is 0.422 e. The monoisotopic (exact) mass is 314 g/mol. The summed E-state index contributed by atoms with van der Waals surface area (Å²) in [6.45, 7) is -0.963. The van der Waals surface area contributed by atoms with E-state index in [0.29, 0.717) is 12.2 Å². The van der Waals surface area contributed by atoms with Crippen LogP contribution in [-0.4, -0.2) is 33.5 Å². The van der Waals surface area contributed by atoms with Crippen LogP contribution in [-0.2, 0) is 11.3 Å². The lowest BCUT2D eigenvalue weighted by Crippen LogP contribution is -2.19. The summed E-state index contributed by atoms with van der Waals surface area (Å²) < 4.78 is 42.1. The Morgan fingerprint density at radius 1 is 1.27 bits per heavy atom. The molecule has 0 aliphatic heterocycles. The standard InChI is InChI=1S/C13H13F3N4O2/c14-13(15,16)7-22-11-3-1-10(2-4-11)19-12(21)5-6-20-9-17-8-18-20/h1-4,8-9H,5-7H2,(H,19,21). The number of carbonyl (C=O) groups is 1. The van der Waals surface area contributed by atoms with Crippen molar-refractivity contribution in [2.45, 2.75) is 19.1 Å². The van der Waals surface area contributed by atoms with Gasteiger partial charge in [-0.15, -0.1) is 0 Å². The summed E-state index contributed by atoms with van der Waals surface area (Å²) in [5, 5.41) is 6.49. The number of carbonyl (C=O) groups excluding carboxylic acids is 1. The van der Waals surface area contributed by atoms with Crippen LogP contribution >= 0.6 is 0 Å². The molecule has 0 saturated heterocycles. The van der Waals surface area contributed by atoms with Crippen molar-refractivity contribution in [2.75, 3.05) is 11.9 Å². The summed E-state index contributed by atoms with van der Waals surface area (Å²) in [5.41, 5.74) is 0.475. The van der Waals surface area contributed by atoms with Crippen LogP contribution in [0, 0.1) is 0 Å². The lowest BCUT2D eigenvalue weighted by Gasteiger charge is -2.10. The van der Waals surface area contributed by atoms with E-state index < -0.39 is 12.8 Å². The molecule has 1 aromatic carbocycles. The number of hydrogen-bond acceptors (Lipinski definition) is 4. The Balaban J connectivity index is 1.79. The largest absolute Gasteiger partial charge is 0.484 e. The fourth-order valence-electron chi connectivity index (χ4n) is 1.59. The number of halogens is 3. The molecule has 0 spiro atoms. The van der Waals surface area contributed by atoms with Gasteiger partial charge in [-0.1, -0.05) is 0 Å². The summed E-state index contributed by atoms with van der Waals surface area (Å²) in [6, 6.07) is 5.66. The molecule has 9 heteroatoms. The summed E-state index contributed by atoms with van der Waals surface area (Å²) >= 11 is 0. The number of ether oxygens (including phenoxy) is 1. The number of benzene rings is 1. The second-order valence-corrected chi connectivity index (χ2v) is 4.38. The summed E-state index contributed by atoms with van der Waals surface area (Å²) in [7, 11) is 0. The van der Waals surface area contributed by atoms with Crippen molar-refractivity contribution in [1.82, 2.24) is 14.8 Å². The molecule has 0 bridgehead atoms. The molecule has 2 aromatic rings. The zero-order valence-electron chi connectivity index (χ0n) is 11.4. The molecule has 0 aliphatic carbocycles. The van der Waals surface area contributed by atoms with Crippen molar-refractivity contribution >= 4 is 11.6 Å². The van der Waals surface area contributed by atoms with Gasteiger partial charge in [-0.2, -0.15) is 18.3 Å². The first-order valence-corrected chi connectivity index (χ1v) is 6.34. The highest BCUT2D eigenvalue weighted by molar-refractivity contribution is 5.90. The molecule has 0 aliphatic rings. The molecule has 22 heavy (non-hydrogen) atoms. The van der Waals surface area contributed by atoms with Gasteiger partial charge < -0.3 is 10.1 Å². The van der Waals surface area contributed by atoms with Crippen molar-refractivity contribution < 1.29 is 22.7 Å². The minimum absolute atomic E-state index is 0.0814. The number of alkyl halides is 3. The van der Waals surface area contributed by atoms with Gasteiger partial charge in [-0.25, -0.2) is 4.98 Å². The maximum atomic E-state index is 12.0. The van der Waals surface area contributed by atoms with Gasteiger partial charge in [-0.3, -0.25) is 9.48 Å². The fourth-order valence-corrected chi connectivity index (χ4v) is 1.59. The second-order valence-electron chi connectivity index (χ2n) is 4.38. The van der Waals surface area contributed by atoms with Gasteiger partial charge in [0.15, 0.2) is 6.61 Å². The molecule has 0 unspecified atom stereocenters. The maximum absolute atomic E-state index is 12.0. The molecular formula is C13H13F3N4O2. The van der Waals surface area contributed by atoms with E-state index in [4.69, 9.17) is 0 Å². The summed E-state index contributed by atoms with van der Waals surface area (Å²) in [6.07, 6.45) is -1.30. The zero-order valence-corrected chi connectivity index (χ0v) is 11.4. The fraction of sp³-hybridized carbons (Fsp3) is 0.308. The highest BCUT2D eigenvalue weighted by Gasteiger charge is 2.28. The van der Waals surface area contributed by atoms with Crippen molar-refractivity contribution in [3.05, 3.63) is 36.9 Å². The first kappa shape index (κ1) is 15.8. The highest BCUT2D eigenvalue weighted by Crippen LogP contribution is 2.20. The van der Waals surface area contributed by atoms with Crippen molar-refractivity contribution in [3.63, 3.8) is 0 Å². The second kappa shape index (κ2) is 6.92. The Labute approximate surface area is 123 Å². The number of nitrogens with one attached hydrogen (secondary N) is 1. The molecule has 1 aromatic heterocycles. The van der Waals surface area contributed by atoms with Crippen LogP contribution in [0.4, 0.5) is 18.9 Å². The van der Waals surface area contributed by atoms with E-state index in [1.54, 1.807) is 0 Å². The first-order valence-electron chi connectivity index (χ1n) is 6.34. The normalized spacial score (nSPS) is 11.2. The van der Waals surface area contributed by atoms with E-state index in [0.717, 1.165) is 0 Å². The molecule has 6 nitrogen and oxygen atoms in total. The van der Waals surface area contributed by atoms with Crippen molar-refractivity contribution in [3.8, 4) is 5.75 Å². The van der Waals surface area contributed by atoms with Gasteiger partial charge in [0.2, 0.25) is 5.91 Å². The average Bonchev–Trinajstić information content (AvgIpc) is 2.97.